The lowest BCUT2D eigenvalue weighted by Gasteiger charge is -2.26. The summed E-state index contributed by atoms with van der Waals surface area (Å²) >= 11 is 0. The van der Waals surface area contributed by atoms with E-state index in [1.165, 1.54) is 34.0 Å². The van der Waals surface area contributed by atoms with Crippen LogP contribution in [-0.2, 0) is 13.7 Å². The van der Waals surface area contributed by atoms with Crippen LogP contribution in [0.15, 0.2) is 24.4 Å². The Balaban J connectivity index is 1.99. The largest absolute Gasteiger partial charge is 0.470 e. The van der Waals surface area contributed by atoms with E-state index in [0.29, 0.717) is 22.5 Å². The molecule has 0 radical (unpaired) electrons. The van der Waals surface area contributed by atoms with Gasteiger partial charge in [0.1, 0.15) is 24.2 Å². The average Bonchev–Trinajstić information content (AvgIpc) is 3.07. The van der Waals surface area contributed by atoms with Gasteiger partial charge in [-0.3, -0.25) is 9.48 Å². The Morgan fingerprint density at radius 2 is 2.13 bits per heavy atom. The summed E-state index contributed by atoms with van der Waals surface area (Å²) in [5.74, 6) is -0.768. The first kappa shape index (κ1) is 19.3. The SMILES string of the molecule is CC1c2nn(C)c(C#N)c2-c2cnc(N)c(n2)OCc2cc(F)ccc2C(=O)N1C. The van der Waals surface area contributed by atoms with Crippen molar-refractivity contribution in [3.8, 4) is 23.2 Å². The second-order valence-corrected chi connectivity index (χ2v) is 6.97. The number of fused-ring (bicyclic) bond motifs is 5. The van der Waals surface area contributed by atoms with Crippen LogP contribution in [0.5, 0.6) is 5.88 Å². The predicted molar refractivity (Wildman–Crippen MR) is 105 cm³/mol. The van der Waals surface area contributed by atoms with Gasteiger partial charge in [0.15, 0.2) is 5.82 Å². The minimum absolute atomic E-state index is 0.0236. The summed E-state index contributed by atoms with van der Waals surface area (Å²) in [5.41, 5.74) is 8.06. The number of carbonyl (C=O) groups excluding carboxylic acids is 1. The number of halogens is 1. The van der Waals surface area contributed by atoms with Gasteiger partial charge in [-0.25, -0.2) is 14.4 Å². The fraction of sp³-hybridized carbons (Fsp3) is 0.250. The molecule has 30 heavy (non-hydrogen) atoms. The van der Waals surface area contributed by atoms with E-state index in [9.17, 15) is 14.4 Å². The van der Waals surface area contributed by atoms with Crippen LogP contribution in [0.3, 0.4) is 0 Å². The molecular formula is C20H18FN7O2. The molecule has 2 N–H and O–H groups in total. The molecule has 4 rings (SSSR count). The van der Waals surface area contributed by atoms with Crippen molar-refractivity contribution in [1.29, 1.82) is 5.26 Å². The molecule has 0 saturated heterocycles. The van der Waals surface area contributed by atoms with Gasteiger partial charge in [0, 0.05) is 25.2 Å². The monoisotopic (exact) mass is 407 g/mol. The molecule has 2 aromatic heterocycles. The average molecular weight is 407 g/mol. The summed E-state index contributed by atoms with van der Waals surface area (Å²) in [7, 11) is 3.26. The molecule has 152 valence electrons. The Bertz CT molecular complexity index is 1210. The number of nitriles is 1. The van der Waals surface area contributed by atoms with Gasteiger partial charge in [0.25, 0.3) is 11.8 Å². The molecule has 0 fully saturated rings. The van der Waals surface area contributed by atoms with Crippen molar-refractivity contribution in [2.24, 2.45) is 7.05 Å². The first-order valence-corrected chi connectivity index (χ1v) is 9.10. The van der Waals surface area contributed by atoms with Crippen LogP contribution in [0.1, 0.15) is 40.3 Å². The normalized spacial score (nSPS) is 15.9. The summed E-state index contributed by atoms with van der Waals surface area (Å²) in [6.45, 7) is 1.66. The molecule has 0 aliphatic carbocycles. The van der Waals surface area contributed by atoms with Crippen LogP contribution < -0.4 is 10.5 Å². The third-order valence-corrected chi connectivity index (χ3v) is 5.16. The summed E-state index contributed by atoms with van der Waals surface area (Å²) in [4.78, 5) is 23.3. The van der Waals surface area contributed by atoms with Crippen molar-refractivity contribution in [3.05, 3.63) is 52.7 Å². The molecule has 10 heteroatoms. The fourth-order valence-electron chi connectivity index (χ4n) is 3.41. The summed E-state index contributed by atoms with van der Waals surface area (Å²) in [5, 5.41) is 14.1. The van der Waals surface area contributed by atoms with Gasteiger partial charge in [0.05, 0.1) is 29.2 Å². The van der Waals surface area contributed by atoms with E-state index >= 15 is 0 Å². The molecule has 1 amide bonds. The van der Waals surface area contributed by atoms with Crippen LogP contribution >= 0.6 is 0 Å². The summed E-state index contributed by atoms with van der Waals surface area (Å²) < 4.78 is 21.0. The zero-order valence-corrected chi connectivity index (χ0v) is 16.5. The smallest absolute Gasteiger partial charge is 0.258 e. The van der Waals surface area contributed by atoms with Gasteiger partial charge in [-0.1, -0.05) is 0 Å². The van der Waals surface area contributed by atoms with Gasteiger partial charge in [-0.15, -0.1) is 0 Å². The number of hydrogen-bond donors (Lipinski definition) is 1. The van der Waals surface area contributed by atoms with Crippen molar-refractivity contribution in [2.45, 2.75) is 19.6 Å². The summed E-state index contributed by atoms with van der Waals surface area (Å²) in [6.07, 6.45) is 1.43. The molecule has 1 aromatic carbocycles. The Kier molecular flexibility index (Phi) is 4.58. The van der Waals surface area contributed by atoms with E-state index < -0.39 is 11.9 Å². The maximum atomic E-state index is 13.9. The number of nitrogens with zero attached hydrogens (tertiary/aromatic N) is 6. The Labute approximate surface area is 171 Å². The first-order chi connectivity index (χ1) is 14.3. The predicted octanol–water partition coefficient (Wildman–Crippen LogP) is 2.20. The van der Waals surface area contributed by atoms with Crippen LogP contribution in [0.25, 0.3) is 11.3 Å². The zero-order chi connectivity index (χ0) is 21.6. The van der Waals surface area contributed by atoms with E-state index in [-0.39, 0.29) is 35.5 Å². The van der Waals surface area contributed by atoms with Crippen LogP contribution in [-0.4, -0.2) is 37.6 Å². The highest BCUT2D eigenvalue weighted by molar-refractivity contribution is 5.96. The van der Waals surface area contributed by atoms with Crippen molar-refractivity contribution in [3.63, 3.8) is 0 Å². The third kappa shape index (κ3) is 3.00. The molecule has 1 unspecified atom stereocenters. The lowest BCUT2D eigenvalue weighted by atomic mass is 10.0. The highest BCUT2D eigenvalue weighted by Gasteiger charge is 2.30. The molecule has 9 nitrogen and oxygen atoms in total. The maximum absolute atomic E-state index is 13.9. The van der Waals surface area contributed by atoms with Crippen molar-refractivity contribution in [1.82, 2.24) is 24.6 Å². The van der Waals surface area contributed by atoms with Gasteiger partial charge in [0.2, 0.25) is 0 Å². The van der Waals surface area contributed by atoms with Gasteiger partial charge in [-0.2, -0.15) is 10.4 Å². The number of nitrogens with two attached hydrogens (primary N) is 1. The number of aryl methyl sites for hydroxylation is 1. The third-order valence-electron chi connectivity index (χ3n) is 5.16. The van der Waals surface area contributed by atoms with Gasteiger partial charge >= 0.3 is 0 Å². The van der Waals surface area contributed by atoms with Crippen molar-refractivity contribution < 1.29 is 13.9 Å². The van der Waals surface area contributed by atoms with Crippen LogP contribution in [0, 0.1) is 17.1 Å². The van der Waals surface area contributed by atoms with Gasteiger partial charge < -0.3 is 15.4 Å². The number of anilines is 1. The zero-order valence-electron chi connectivity index (χ0n) is 16.5. The number of rotatable bonds is 0. The molecule has 3 heterocycles. The van der Waals surface area contributed by atoms with Crippen LogP contribution in [0.4, 0.5) is 10.2 Å². The molecule has 1 aliphatic heterocycles. The highest BCUT2D eigenvalue weighted by Crippen LogP contribution is 2.34. The number of carbonyl (C=O) groups is 1. The lowest BCUT2D eigenvalue weighted by molar-refractivity contribution is 0.0736. The second-order valence-electron chi connectivity index (χ2n) is 6.97. The number of aromatic nitrogens is 4. The van der Waals surface area contributed by atoms with E-state index in [2.05, 4.69) is 21.1 Å². The second kappa shape index (κ2) is 7.11. The molecule has 1 atom stereocenters. The standard InChI is InChI=1S/C20H18FN7O2/c1-10-17-16(15(7-22)28(3)26-17)14-8-24-18(23)19(25-14)30-9-11-6-12(21)4-5-13(11)20(29)27(10)2/h4-6,8,10H,9H2,1-3H3,(H2,23,24). The fourth-order valence-corrected chi connectivity index (χ4v) is 3.41. The summed E-state index contributed by atoms with van der Waals surface area (Å²) in [6, 6.07) is 5.48. The topological polar surface area (TPSA) is 123 Å². The van der Waals surface area contributed by atoms with E-state index in [0.717, 1.165) is 0 Å². The number of ether oxygens (including phenoxy) is 1. The number of amides is 1. The van der Waals surface area contributed by atoms with E-state index in [4.69, 9.17) is 10.5 Å². The molecular weight excluding hydrogens is 389 g/mol. The Hall–Kier alpha value is -4.00. The van der Waals surface area contributed by atoms with Crippen molar-refractivity contribution in [2.75, 3.05) is 12.8 Å². The van der Waals surface area contributed by atoms with E-state index in [1.54, 1.807) is 21.0 Å². The molecule has 2 bridgehead atoms. The maximum Gasteiger partial charge on any atom is 0.258 e. The molecule has 1 aliphatic rings. The van der Waals surface area contributed by atoms with Crippen molar-refractivity contribution >= 4 is 11.7 Å². The Morgan fingerprint density at radius 3 is 2.87 bits per heavy atom. The number of benzene rings is 1. The van der Waals surface area contributed by atoms with E-state index in [1.807, 2.05) is 0 Å². The number of hydrogen-bond acceptors (Lipinski definition) is 7. The number of nitrogen functional groups attached to an aromatic ring is 1. The first-order valence-electron chi connectivity index (χ1n) is 9.10. The minimum Gasteiger partial charge on any atom is -0.470 e. The van der Waals surface area contributed by atoms with Gasteiger partial charge in [-0.05, 0) is 25.1 Å². The molecule has 3 aromatic rings. The molecule has 0 saturated carbocycles. The quantitative estimate of drug-likeness (QED) is 0.606. The Morgan fingerprint density at radius 1 is 1.37 bits per heavy atom. The minimum atomic E-state index is -0.512. The van der Waals surface area contributed by atoms with Crippen LogP contribution in [0.2, 0.25) is 0 Å². The molecule has 0 spiro atoms. The lowest BCUT2D eigenvalue weighted by Crippen LogP contribution is -2.31. The highest BCUT2D eigenvalue weighted by atomic mass is 19.1.